The predicted molar refractivity (Wildman–Crippen MR) is 88.5 cm³/mol. The van der Waals surface area contributed by atoms with Crippen LogP contribution in [0.25, 0.3) is 0 Å². The number of carbonyl (C=O) groups is 1. The Kier molecular flexibility index (Phi) is 4.21. The summed E-state index contributed by atoms with van der Waals surface area (Å²) >= 11 is 3.60. The third kappa shape index (κ3) is 3.02. The van der Waals surface area contributed by atoms with Crippen molar-refractivity contribution in [2.45, 2.75) is 26.2 Å². The van der Waals surface area contributed by atoms with Crippen molar-refractivity contribution >= 4 is 21.9 Å². The van der Waals surface area contributed by atoms with Crippen molar-refractivity contribution in [3.8, 4) is 11.5 Å². The van der Waals surface area contributed by atoms with Gasteiger partial charge in [-0.25, -0.2) is 0 Å². The number of hydrogen-bond acceptors (Lipinski definition) is 3. The Labute approximate surface area is 138 Å². The quantitative estimate of drug-likeness (QED) is 0.628. The van der Waals surface area contributed by atoms with Crippen LogP contribution in [0.1, 0.15) is 36.5 Å². The number of esters is 1. The van der Waals surface area contributed by atoms with Crippen LogP contribution in [0.3, 0.4) is 0 Å². The van der Waals surface area contributed by atoms with Gasteiger partial charge in [-0.3, -0.25) is 4.79 Å². The van der Waals surface area contributed by atoms with E-state index in [1.54, 1.807) is 0 Å². The Hall–Kier alpha value is -1.81. The maximum absolute atomic E-state index is 11.0. The molecule has 1 aliphatic rings. The SMILES string of the molecule is CC(=O)OCC(C)c1cc(Br)c2c(c1)Cc1ccccc1O2. The lowest BCUT2D eigenvalue weighted by Crippen LogP contribution is -2.10. The first-order chi connectivity index (χ1) is 10.5. The lowest BCUT2D eigenvalue weighted by Gasteiger charge is -2.23. The number of halogens is 1. The molecule has 1 atom stereocenters. The first-order valence-electron chi connectivity index (χ1n) is 7.26. The van der Waals surface area contributed by atoms with Gasteiger partial charge in [0.25, 0.3) is 0 Å². The molecule has 1 heterocycles. The molecule has 3 nitrogen and oxygen atoms in total. The first kappa shape index (κ1) is 15.1. The van der Waals surface area contributed by atoms with Crippen LogP contribution in [0.4, 0.5) is 0 Å². The molecule has 2 aromatic rings. The molecule has 0 radical (unpaired) electrons. The number of para-hydroxylation sites is 1. The summed E-state index contributed by atoms with van der Waals surface area (Å²) in [6, 6.07) is 12.3. The normalized spacial score (nSPS) is 13.6. The van der Waals surface area contributed by atoms with Crippen LogP contribution in [0.5, 0.6) is 11.5 Å². The van der Waals surface area contributed by atoms with Gasteiger partial charge >= 0.3 is 5.97 Å². The van der Waals surface area contributed by atoms with Crippen LogP contribution >= 0.6 is 15.9 Å². The van der Waals surface area contributed by atoms with Crippen LogP contribution in [-0.2, 0) is 16.0 Å². The minimum absolute atomic E-state index is 0.141. The minimum atomic E-state index is -0.249. The summed E-state index contributed by atoms with van der Waals surface area (Å²) in [5.74, 6) is 1.68. The first-order valence-corrected chi connectivity index (χ1v) is 8.05. The second kappa shape index (κ2) is 6.13. The zero-order valence-corrected chi connectivity index (χ0v) is 14.1. The fraction of sp³-hybridized carbons (Fsp3) is 0.278. The van der Waals surface area contributed by atoms with Crippen molar-refractivity contribution in [3.05, 3.63) is 57.6 Å². The maximum Gasteiger partial charge on any atom is 0.302 e. The van der Waals surface area contributed by atoms with Crippen LogP contribution in [0, 0.1) is 0 Å². The van der Waals surface area contributed by atoms with Gasteiger partial charge in [-0.2, -0.15) is 0 Å². The molecule has 1 aliphatic heterocycles. The molecule has 0 aliphatic carbocycles. The summed E-state index contributed by atoms with van der Waals surface area (Å²) in [5.41, 5.74) is 3.47. The topological polar surface area (TPSA) is 35.5 Å². The van der Waals surface area contributed by atoms with E-state index < -0.39 is 0 Å². The fourth-order valence-electron chi connectivity index (χ4n) is 2.61. The molecule has 3 rings (SSSR count). The van der Waals surface area contributed by atoms with E-state index >= 15 is 0 Å². The van der Waals surface area contributed by atoms with Gasteiger partial charge in [0, 0.05) is 24.8 Å². The monoisotopic (exact) mass is 360 g/mol. The van der Waals surface area contributed by atoms with Crippen molar-refractivity contribution in [1.29, 1.82) is 0 Å². The third-order valence-corrected chi connectivity index (χ3v) is 4.40. The van der Waals surface area contributed by atoms with E-state index in [0.29, 0.717) is 6.61 Å². The molecular formula is C18H17BrO3. The van der Waals surface area contributed by atoms with Crippen molar-refractivity contribution < 1.29 is 14.3 Å². The number of carbonyl (C=O) groups excluding carboxylic acids is 1. The number of fused-ring (bicyclic) bond motifs is 2. The van der Waals surface area contributed by atoms with Crippen molar-refractivity contribution in [2.75, 3.05) is 6.61 Å². The highest BCUT2D eigenvalue weighted by molar-refractivity contribution is 9.10. The molecule has 2 aromatic carbocycles. The van der Waals surface area contributed by atoms with E-state index in [4.69, 9.17) is 9.47 Å². The van der Waals surface area contributed by atoms with Crippen LogP contribution < -0.4 is 4.74 Å². The zero-order chi connectivity index (χ0) is 15.7. The average Bonchev–Trinajstić information content (AvgIpc) is 2.50. The standard InChI is InChI=1S/C18H17BrO3/c1-11(10-21-12(2)20)14-8-15-7-13-5-3-4-6-17(13)22-18(15)16(19)9-14/h3-6,8-9,11H,7,10H2,1-2H3. The second-order valence-electron chi connectivity index (χ2n) is 5.58. The smallest absolute Gasteiger partial charge is 0.302 e. The Morgan fingerprint density at radius 1 is 1.32 bits per heavy atom. The average molecular weight is 361 g/mol. The molecule has 0 bridgehead atoms. The molecule has 0 aromatic heterocycles. The Bertz CT molecular complexity index is 724. The molecular weight excluding hydrogens is 344 g/mol. The molecule has 4 heteroatoms. The molecule has 1 unspecified atom stereocenters. The van der Waals surface area contributed by atoms with Crippen molar-refractivity contribution in [2.24, 2.45) is 0 Å². The molecule has 0 amide bonds. The number of ether oxygens (including phenoxy) is 2. The van der Waals surface area contributed by atoms with Crippen LogP contribution in [-0.4, -0.2) is 12.6 Å². The number of rotatable bonds is 3. The lowest BCUT2D eigenvalue weighted by atomic mass is 9.94. The van der Waals surface area contributed by atoms with Crippen molar-refractivity contribution in [3.63, 3.8) is 0 Å². The second-order valence-corrected chi connectivity index (χ2v) is 6.44. The zero-order valence-electron chi connectivity index (χ0n) is 12.6. The van der Waals surface area contributed by atoms with Gasteiger partial charge < -0.3 is 9.47 Å². The van der Waals surface area contributed by atoms with Gasteiger partial charge in [-0.15, -0.1) is 0 Å². The van der Waals surface area contributed by atoms with Gasteiger partial charge in [0.1, 0.15) is 11.5 Å². The fourth-order valence-corrected chi connectivity index (χ4v) is 3.21. The highest BCUT2D eigenvalue weighted by atomic mass is 79.9. The van der Waals surface area contributed by atoms with Gasteiger partial charge in [0.2, 0.25) is 0 Å². The summed E-state index contributed by atoms with van der Waals surface area (Å²) < 4.78 is 12.1. The largest absolute Gasteiger partial charge is 0.465 e. The van der Waals surface area contributed by atoms with E-state index in [9.17, 15) is 4.79 Å². The van der Waals surface area contributed by atoms with Gasteiger partial charge in [-0.05, 0) is 39.2 Å². The lowest BCUT2D eigenvalue weighted by molar-refractivity contribution is -0.141. The van der Waals surface area contributed by atoms with E-state index in [-0.39, 0.29) is 11.9 Å². The Balaban J connectivity index is 1.89. The van der Waals surface area contributed by atoms with E-state index in [0.717, 1.165) is 33.5 Å². The van der Waals surface area contributed by atoms with Gasteiger partial charge in [0.15, 0.2) is 0 Å². The number of benzene rings is 2. The van der Waals surface area contributed by atoms with E-state index in [1.165, 1.54) is 12.5 Å². The minimum Gasteiger partial charge on any atom is -0.465 e. The van der Waals surface area contributed by atoms with Crippen LogP contribution in [0.15, 0.2) is 40.9 Å². The summed E-state index contributed by atoms with van der Waals surface area (Å²) in [5, 5.41) is 0. The van der Waals surface area contributed by atoms with E-state index in [2.05, 4.69) is 35.0 Å². The maximum atomic E-state index is 11.0. The molecule has 0 N–H and O–H groups in total. The molecule has 0 saturated heterocycles. The summed E-state index contributed by atoms with van der Waals surface area (Å²) in [6.07, 6.45) is 0.845. The van der Waals surface area contributed by atoms with Gasteiger partial charge in [0.05, 0.1) is 11.1 Å². The van der Waals surface area contributed by atoms with Crippen LogP contribution in [0.2, 0.25) is 0 Å². The predicted octanol–water partition coefficient (Wildman–Crippen LogP) is 4.81. The molecule has 22 heavy (non-hydrogen) atoms. The molecule has 0 spiro atoms. The highest BCUT2D eigenvalue weighted by Gasteiger charge is 2.21. The summed E-state index contributed by atoms with van der Waals surface area (Å²) in [7, 11) is 0. The van der Waals surface area contributed by atoms with E-state index in [1.807, 2.05) is 24.3 Å². The van der Waals surface area contributed by atoms with Crippen molar-refractivity contribution in [1.82, 2.24) is 0 Å². The van der Waals surface area contributed by atoms with Gasteiger partial charge in [-0.1, -0.05) is 31.2 Å². The molecule has 0 fully saturated rings. The summed E-state index contributed by atoms with van der Waals surface area (Å²) in [6.45, 7) is 3.87. The Morgan fingerprint density at radius 3 is 2.86 bits per heavy atom. The number of hydrogen-bond donors (Lipinski definition) is 0. The Morgan fingerprint density at radius 2 is 2.09 bits per heavy atom. The summed E-state index contributed by atoms with van der Waals surface area (Å²) in [4.78, 5) is 11.0. The molecule has 114 valence electrons. The molecule has 0 saturated carbocycles. The third-order valence-electron chi connectivity index (χ3n) is 3.81. The highest BCUT2D eigenvalue weighted by Crippen LogP contribution is 2.42.